The summed E-state index contributed by atoms with van der Waals surface area (Å²) >= 11 is 1.60. The zero-order valence-electron chi connectivity index (χ0n) is 20.7. The van der Waals surface area contributed by atoms with Gasteiger partial charge < -0.3 is 20.5 Å². The first-order valence-corrected chi connectivity index (χ1v) is 12.6. The summed E-state index contributed by atoms with van der Waals surface area (Å²) in [6, 6.07) is 10.4. The third-order valence-corrected chi connectivity index (χ3v) is 7.10. The largest absolute Gasteiger partial charge is 0.504 e. The number of methoxy groups -OCH3 is 1. The lowest BCUT2D eigenvalue weighted by atomic mass is 9.94. The van der Waals surface area contributed by atoms with Crippen LogP contribution < -0.4 is 15.4 Å². The van der Waals surface area contributed by atoms with E-state index in [0.29, 0.717) is 28.1 Å². The van der Waals surface area contributed by atoms with Crippen LogP contribution in [0.2, 0.25) is 0 Å². The highest BCUT2D eigenvalue weighted by molar-refractivity contribution is 7.99. The van der Waals surface area contributed by atoms with E-state index in [-0.39, 0.29) is 11.7 Å². The van der Waals surface area contributed by atoms with Crippen molar-refractivity contribution in [2.24, 2.45) is 0 Å². The first-order valence-electron chi connectivity index (χ1n) is 11.7. The van der Waals surface area contributed by atoms with Crippen LogP contribution >= 0.6 is 11.8 Å². The number of phenols is 1. The summed E-state index contributed by atoms with van der Waals surface area (Å²) in [5, 5.41) is 21.9. The topological polar surface area (TPSA) is 101 Å². The molecule has 1 atom stereocenters. The van der Waals surface area contributed by atoms with E-state index in [0.717, 1.165) is 41.0 Å². The number of aryl methyl sites for hydroxylation is 1. The Morgan fingerprint density at radius 3 is 2.80 bits per heavy atom. The van der Waals surface area contributed by atoms with Gasteiger partial charge in [0.1, 0.15) is 6.04 Å². The second kappa shape index (κ2) is 10.4. The van der Waals surface area contributed by atoms with Gasteiger partial charge in [-0.15, -0.1) is 5.10 Å². The van der Waals surface area contributed by atoms with E-state index in [1.54, 1.807) is 34.6 Å². The molecule has 0 saturated heterocycles. The number of rotatable bonds is 8. The quantitative estimate of drug-likeness (QED) is 0.284. The van der Waals surface area contributed by atoms with E-state index in [9.17, 15) is 9.90 Å². The number of anilines is 2. The minimum Gasteiger partial charge on any atom is -0.504 e. The molecule has 0 spiro atoms. The second-order valence-electron chi connectivity index (χ2n) is 8.56. The Morgan fingerprint density at radius 1 is 1.26 bits per heavy atom. The summed E-state index contributed by atoms with van der Waals surface area (Å²) < 4.78 is 7.09. The van der Waals surface area contributed by atoms with Crippen LogP contribution in [0.1, 0.15) is 49.4 Å². The SMILES string of the molecule is CCCCSc1nc2n(n1)C(c1ccc(O)c(OC)c1)C(C(=O)Nc1cccc(C)c1C)=C(C)N2. The Bertz CT molecular complexity index is 1280. The van der Waals surface area contributed by atoms with Crippen molar-refractivity contribution in [3.63, 3.8) is 0 Å². The summed E-state index contributed by atoms with van der Waals surface area (Å²) in [4.78, 5) is 18.4. The molecular formula is C26H31N5O3S. The van der Waals surface area contributed by atoms with Gasteiger partial charge in [0.05, 0.1) is 12.7 Å². The van der Waals surface area contributed by atoms with Gasteiger partial charge in [0.2, 0.25) is 11.1 Å². The lowest BCUT2D eigenvalue weighted by Crippen LogP contribution is -2.31. The van der Waals surface area contributed by atoms with Crippen molar-refractivity contribution in [3.8, 4) is 11.5 Å². The van der Waals surface area contributed by atoms with Crippen LogP contribution in [0.25, 0.3) is 0 Å². The summed E-state index contributed by atoms with van der Waals surface area (Å²) in [7, 11) is 1.50. The summed E-state index contributed by atoms with van der Waals surface area (Å²) in [5.41, 5.74) is 4.83. The van der Waals surface area contributed by atoms with E-state index >= 15 is 0 Å². The predicted molar refractivity (Wildman–Crippen MR) is 139 cm³/mol. The molecule has 0 radical (unpaired) electrons. The number of phenolic OH excluding ortho intramolecular Hbond substituents is 1. The fourth-order valence-corrected chi connectivity index (χ4v) is 4.96. The molecular weight excluding hydrogens is 462 g/mol. The highest BCUT2D eigenvalue weighted by Gasteiger charge is 2.35. The number of carbonyl (C=O) groups excluding carboxylic acids is 1. The van der Waals surface area contributed by atoms with Crippen molar-refractivity contribution in [3.05, 3.63) is 64.4 Å². The number of unbranched alkanes of at least 4 members (excludes halogenated alkanes) is 1. The fourth-order valence-electron chi connectivity index (χ4n) is 4.04. The maximum absolute atomic E-state index is 13.7. The number of hydrogen-bond donors (Lipinski definition) is 3. The molecule has 1 aliphatic rings. The van der Waals surface area contributed by atoms with Gasteiger partial charge >= 0.3 is 0 Å². The Labute approximate surface area is 209 Å². The molecule has 0 saturated carbocycles. The van der Waals surface area contributed by atoms with Crippen molar-refractivity contribution >= 4 is 29.3 Å². The zero-order chi connectivity index (χ0) is 25.1. The monoisotopic (exact) mass is 493 g/mol. The molecule has 2 heterocycles. The van der Waals surface area contributed by atoms with Crippen molar-refractivity contribution in [2.45, 2.75) is 51.7 Å². The minimum absolute atomic E-state index is 0.0295. The smallest absolute Gasteiger partial charge is 0.255 e. The molecule has 0 aliphatic carbocycles. The number of amides is 1. The molecule has 3 aromatic rings. The maximum Gasteiger partial charge on any atom is 0.255 e. The normalized spacial score (nSPS) is 14.9. The minimum atomic E-state index is -0.557. The summed E-state index contributed by atoms with van der Waals surface area (Å²) in [5.74, 6) is 1.61. The van der Waals surface area contributed by atoms with Crippen molar-refractivity contribution in [1.29, 1.82) is 0 Å². The van der Waals surface area contributed by atoms with Crippen molar-refractivity contribution in [2.75, 3.05) is 23.5 Å². The second-order valence-corrected chi connectivity index (χ2v) is 9.63. The van der Waals surface area contributed by atoms with Crippen LogP contribution in [-0.4, -0.2) is 38.6 Å². The number of benzene rings is 2. The van der Waals surface area contributed by atoms with Gasteiger partial charge in [-0.05, 0) is 62.1 Å². The zero-order valence-corrected chi connectivity index (χ0v) is 21.5. The highest BCUT2D eigenvalue weighted by atomic mass is 32.2. The number of nitrogens with one attached hydrogen (secondary N) is 2. The van der Waals surface area contributed by atoms with E-state index in [2.05, 4.69) is 22.5 Å². The van der Waals surface area contributed by atoms with Gasteiger partial charge in [-0.1, -0.05) is 43.3 Å². The third kappa shape index (κ3) is 5.00. The third-order valence-electron chi connectivity index (χ3n) is 6.18. The van der Waals surface area contributed by atoms with Gasteiger partial charge in [-0.25, -0.2) is 4.68 Å². The molecule has 1 amide bonds. The summed E-state index contributed by atoms with van der Waals surface area (Å²) in [6.45, 7) is 8.02. The van der Waals surface area contributed by atoms with Gasteiger partial charge in [-0.2, -0.15) is 4.98 Å². The number of ether oxygens (including phenoxy) is 1. The van der Waals surface area contributed by atoms with E-state index < -0.39 is 6.04 Å². The van der Waals surface area contributed by atoms with Crippen LogP contribution in [0.3, 0.4) is 0 Å². The Morgan fingerprint density at radius 2 is 2.06 bits per heavy atom. The van der Waals surface area contributed by atoms with Crippen LogP contribution in [-0.2, 0) is 4.79 Å². The highest BCUT2D eigenvalue weighted by Crippen LogP contribution is 2.39. The molecule has 35 heavy (non-hydrogen) atoms. The molecule has 2 aromatic carbocycles. The molecule has 1 aromatic heterocycles. The lowest BCUT2D eigenvalue weighted by Gasteiger charge is -2.29. The molecule has 3 N–H and O–H groups in total. The number of fused-ring (bicyclic) bond motifs is 1. The van der Waals surface area contributed by atoms with Crippen molar-refractivity contribution < 1.29 is 14.6 Å². The van der Waals surface area contributed by atoms with E-state index in [4.69, 9.17) is 9.84 Å². The van der Waals surface area contributed by atoms with Gasteiger partial charge in [0.25, 0.3) is 5.91 Å². The molecule has 9 heteroatoms. The van der Waals surface area contributed by atoms with E-state index in [1.165, 1.54) is 7.11 Å². The van der Waals surface area contributed by atoms with Crippen LogP contribution in [0, 0.1) is 13.8 Å². The average Bonchev–Trinajstić information content (AvgIpc) is 3.23. The van der Waals surface area contributed by atoms with Crippen LogP contribution in [0.4, 0.5) is 11.6 Å². The molecule has 184 valence electrons. The number of aromatic nitrogens is 3. The molecule has 1 aliphatic heterocycles. The number of carbonyl (C=O) groups is 1. The van der Waals surface area contributed by atoms with Gasteiger partial charge in [-0.3, -0.25) is 4.79 Å². The average molecular weight is 494 g/mol. The van der Waals surface area contributed by atoms with Crippen molar-refractivity contribution in [1.82, 2.24) is 14.8 Å². The Kier molecular flexibility index (Phi) is 7.35. The number of thioether (sulfide) groups is 1. The molecule has 1 unspecified atom stereocenters. The summed E-state index contributed by atoms with van der Waals surface area (Å²) in [6.07, 6.45) is 2.17. The van der Waals surface area contributed by atoms with Gasteiger partial charge in [0.15, 0.2) is 11.5 Å². The predicted octanol–water partition coefficient (Wildman–Crippen LogP) is 5.43. The first kappa shape index (κ1) is 24.7. The maximum atomic E-state index is 13.7. The van der Waals surface area contributed by atoms with Gasteiger partial charge in [0, 0.05) is 17.1 Å². The number of nitrogens with zero attached hydrogens (tertiary/aromatic N) is 3. The molecule has 4 rings (SSSR count). The Balaban J connectivity index is 1.78. The number of allylic oxidation sites excluding steroid dienone is 1. The number of aromatic hydroxyl groups is 1. The fraction of sp³-hybridized carbons (Fsp3) is 0.346. The van der Waals surface area contributed by atoms with E-state index in [1.807, 2.05) is 39.0 Å². The Hall–Kier alpha value is -3.46. The molecule has 8 nitrogen and oxygen atoms in total. The van der Waals surface area contributed by atoms with Crippen LogP contribution in [0.15, 0.2) is 52.8 Å². The van der Waals surface area contributed by atoms with Crippen LogP contribution in [0.5, 0.6) is 11.5 Å². The number of hydrogen-bond acceptors (Lipinski definition) is 7. The first-order chi connectivity index (χ1) is 16.8. The molecule has 0 bridgehead atoms. The standard InChI is InChI=1S/C26H31N5O3S/c1-6-7-13-35-26-29-25-27-17(4)22(24(33)28-19-10-8-9-15(2)16(19)3)23(31(25)30-26)18-11-12-20(32)21(14-18)34-5/h8-12,14,23,32H,6-7,13H2,1-5H3,(H,28,33)(H,27,29,30). The lowest BCUT2D eigenvalue weighted by molar-refractivity contribution is -0.113. The molecule has 0 fully saturated rings.